The topological polar surface area (TPSA) is 84.9 Å². The van der Waals surface area contributed by atoms with Crippen molar-refractivity contribution in [2.75, 3.05) is 24.4 Å². The Bertz CT molecular complexity index is 1030. The van der Waals surface area contributed by atoms with Gasteiger partial charge in [0, 0.05) is 6.07 Å². The van der Waals surface area contributed by atoms with E-state index >= 15 is 0 Å². The predicted molar refractivity (Wildman–Crippen MR) is 116 cm³/mol. The first kappa shape index (κ1) is 20.9. The molecule has 1 aliphatic carbocycles. The number of para-hydroxylation sites is 1. The van der Waals surface area contributed by atoms with E-state index in [-0.39, 0.29) is 29.2 Å². The van der Waals surface area contributed by atoms with Gasteiger partial charge in [0.25, 0.3) is 5.91 Å². The van der Waals surface area contributed by atoms with E-state index in [1.165, 1.54) is 19.1 Å². The molecule has 2 aromatic rings. The SMILES string of the molecule is COc1ccc(OC)c(NC(=O)c2ccccc2N2C(=O)[C@H]3CC[C@H](C)C[C@H]3C2=O)c1. The number of nitrogens with zero attached hydrogens (tertiary/aromatic N) is 1. The van der Waals surface area contributed by atoms with Gasteiger partial charge in [-0.25, -0.2) is 4.90 Å². The first-order valence-electron chi connectivity index (χ1n) is 10.4. The first-order chi connectivity index (χ1) is 14.9. The van der Waals surface area contributed by atoms with Gasteiger partial charge < -0.3 is 14.8 Å². The Morgan fingerprint density at radius 1 is 1.00 bits per heavy atom. The third-order valence-electron chi connectivity index (χ3n) is 6.23. The quantitative estimate of drug-likeness (QED) is 0.739. The highest BCUT2D eigenvalue weighted by atomic mass is 16.5. The molecule has 162 valence electrons. The number of methoxy groups -OCH3 is 2. The minimum atomic E-state index is -0.439. The Hall–Kier alpha value is -3.35. The van der Waals surface area contributed by atoms with E-state index in [1.54, 1.807) is 42.5 Å². The maximum Gasteiger partial charge on any atom is 0.257 e. The molecule has 1 saturated heterocycles. The van der Waals surface area contributed by atoms with Gasteiger partial charge in [-0.1, -0.05) is 19.1 Å². The van der Waals surface area contributed by atoms with Crippen LogP contribution in [-0.2, 0) is 9.59 Å². The molecule has 1 saturated carbocycles. The molecule has 0 bridgehead atoms. The van der Waals surface area contributed by atoms with Crippen LogP contribution in [-0.4, -0.2) is 31.9 Å². The zero-order valence-electron chi connectivity index (χ0n) is 17.9. The van der Waals surface area contributed by atoms with Gasteiger partial charge >= 0.3 is 0 Å². The predicted octanol–water partition coefficient (Wildman–Crippen LogP) is 3.88. The van der Waals surface area contributed by atoms with Gasteiger partial charge in [0.2, 0.25) is 11.8 Å². The largest absolute Gasteiger partial charge is 0.497 e. The Labute approximate surface area is 181 Å². The number of nitrogens with one attached hydrogen (secondary N) is 1. The highest BCUT2D eigenvalue weighted by Crippen LogP contribution is 2.43. The Morgan fingerprint density at radius 2 is 1.74 bits per heavy atom. The number of fused-ring (bicyclic) bond motifs is 1. The molecular formula is C24H26N2O5. The number of carbonyl (C=O) groups is 3. The second-order valence-corrected chi connectivity index (χ2v) is 8.18. The zero-order valence-corrected chi connectivity index (χ0v) is 17.9. The van der Waals surface area contributed by atoms with Crippen LogP contribution in [0.1, 0.15) is 36.5 Å². The summed E-state index contributed by atoms with van der Waals surface area (Å²) in [6, 6.07) is 11.8. The number of benzene rings is 2. The smallest absolute Gasteiger partial charge is 0.257 e. The van der Waals surface area contributed by atoms with E-state index in [1.807, 2.05) is 0 Å². The molecule has 2 aliphatic rings. The maximum atomic E-state index is 13.2. The molecule has 7 nitrogen and oxygen atoms in total. The fourth-order valence-electron chi connectivity index (χ4n) is 4.59. The molecule has 2 aromatic carbocycles. The number of carbonyl (C=O) groups excluding carboxylic acids is 3. The highest BCUT2D eigenvalue weighted by Gasteiger charge is 2.50. The number of imide groups is 1. The van der Waals surface area contributed by atoms with Crippen molar-refractivity contribution >= 4 is 29.1 Å². The van der Waals surface area contributed by atoms with Gasteiger partial charge in [-0.15, -0.1) is 0 Å². The molecule has 1 heterocycles. The molecule has 3 amide bonds. The molecule has 3 atom stereocenters. The van der Waals surface area contributed by atoms with Gasteiger partial charge in [0.05, 0.1) is 43.0 Å². The monoisotopic (exact) mass is 422 g/mol. The van der Waals surface area contributed by atoms with Crippen molar-refractivity contribution in [3.63, 3.8) is 0 Å². The van der Waals surface area contributed by atoms with Gasteiger partial charge in [0.1, 0.15) is 11.5 Å². The minimum Gasteiger partial charge on any atom is -0.497 e. The van der Waals surface area contributed by atoms with Crippen molar-refractivity contribution in [2.45, 2.75) is 26.2 Å². The molecule has 2 fully saturated rings. The summed E-state index contributed by atoms with van der Waals surface area (Å²) in [4.78, 5) is 40.7. The van der Waals surface area contributed by atoms with E-state index in [9.17, 15) is 14.4 Å². The summed E-state index contributed by atoms with van der Waals surface area (Å²) < 4.78 is 10.6. The van der Waals surface area contributed by atoms with Crippen molar-refractivity contribution in [2.24, 2.45) is 17.8 Å². The third kappa shape index (κ3) is 3.76. The Kier molecular flexibility index (Phi) is 5.67. The van der Waals surface area contributed by atoms with Gasteiger partial charge in [-0.2, -0.15) is 0 Å². The summed E-state index contributed by atoms with van der Waals surface area (Å²) in [5.74, 6) is 0.00136. The second kappa shape index (κ2) is 8.41. The average molecular weight is 422 g/mol. The summed E-state index contributed by atoms with van der Waals surface area (Å²) in [5, 5.41) is 2.82. The number of anilines is 2. The molecule has 31 heavy (non-hydrogen) atoms. The van der Waals surface area contributed by atoms with Crippen molar-refractivity contribution < 1.29 is 23.9 Å². The number of amides is 3. The van der Waals surface area contributed by atoms with Gasteiger partial charge in [-0.05, 0) is 49.4 Å². The van der Waals surface area contributed by atoms with Crippen LogP contribution in [0.2, 0.25) is 0 Å². The van der Waals surface area contributed by atoms with Crippen molar-refractivity contribution in [3.8, 4) is 11.5 Å². The van der Waals surface area contributed by atoms with Crippen molar-refractivity contribution in [1.29, 1.82) is 0 Å². The van der Waals surface area contributed by atoms with Crippen LogP contribution in [0.5, 0.6) is 11.5 Å². The lowest BCUT2D eigenvalue weighted by Crippen LogP contribution is -2.33. The number of rotatable bonds is 5. The van der Waals surface area contributed by atoms with E-state index in [2.05, 4.69) is 12.2 Å². The molecule has 0 aromatic heterocycles. The Balaban J connectivity index is 1.66. The van der Waals surface area contributed by atoms with Crippen molar-refractivity contribution in [1.82, 2.24) is 0 Å². The highest BCUT2D eigenvalue weighted by molar-refractivity contribution is 6.24. The van der Waals surface area contributed by atoms with Crippen LogP contribution in [0, 0.1) is 17.8 Å². The fourth-order valence-corrected chi connectivity index (χ4v) is 4.59. The lowest BCUT2D eigenvalue weighted by Gasteiger charge is -2.25. The third-order valence-corrected chi connectivity index (χ3v) is 6.23. The normalized spacial score (nSPS) is 22.8. The molecule has 7 heteroatoms. The van der Waals surface area contributed by atoms with E-state index in [4.69, 9.17) is 9.47 Å². The van der Waals surface area contributed by atoms with E-state index < -0.39 is 5.91 Å². The fraction of sp³-hybridized carbons (Fsp3) is 0.375. The van der Waals surface area contributed by atoms with Gasteiger partial charge in [-0.3, -0.25) is 14.4 Å². The number of ether oxygens (including phenoxy) is 2. The number of hydrogen-bond acceptors (Lipinski definition) is 5. The summed E-state index contributed by atoms with van der Waals surface area (Å²) in [7, 11) is 3.04. The first-order valence-corrected chi connectivity index (χ1v) is 10.4. The molecule has 4 rings (SSSR count). The molecule has 1 N–H and O–H groups in total. The van der Waals surface area contributed by atoms with Crippen LogP contribution in [0.15, 0.2) is 42.5 Å². The van der Waals surface area contributed by atoms with Crippen LogP contribution >= 0.6 is 0 Å². The second-order valence-electron chi connectivity index (χ2n) is 8.18. The number of hydrogen-bond donors (Lipinski definition) is 1. The summed E-state index contributed by atoms with van der Waals surface area (Å²) in [6.07, 6.45) is 2.36. The summed E-state index contributed by atoms with van der Waals surface area (Å²) in [6.45, 7) is 2.11. The molecule has 0 radical (unpaired) electrons. The molecule has 0 unspecified atom stereocenters. The maximum absolute atomic E-state index is 13.2. The van der Waals surface area contributed by atoms with Gasteiger partial charge in [0.15, 0.2) is 0 Å². The van der Waals surface area contributed by atoms with E-state index in [0.29, 0.717) is 41.6 Å². The standard InChI is InChI=1S/C24H26N2O5/c1-14-8-10-16-18(12-14)24(29)26(23(16)28)20-7-5-4-6-17(20)22(27)25-19-13-15(30-2)9-11-21(19)31-3/h4-7,9,11,13-14,16,18H,8,10,12H2,1-3H3,(H,25,27)/t14-,16-,18+/m0/s1. The summed E-state index contributed by atoms with van der Waals surface area (Å²) >= 11 is 0. The lowest BCUT2D eigenvalue weighted by atomic mass is 9.76. The van der Waals surface area contributed by atoms with E-state index in [0.717, 1.165) is 6.42 Å². The van der Waals surface area contributed by atoms with Crippen LogP contribution in [0.25, 0.3) is 0 Å². The van der Waals surface area contributed by atoms with Crippen LogP contribution in [0.4, 0.5) is 11.4 Å². The Morgan fingerprint density at radius 3 is 2.48 bits per heavy atom. The van der Waals surface area contributed by atoms with Crippen molar-refractivity contribution in [3.05, 3.63) is 48.0 Å². The molecule has 0 spiro atoms. The molecule has 1 aliphatic heterocycles. The zero-order chi connectivity index (χ0) is 22.1. The average Bonchev–Trinajstić information content (AvgIpc) is 3.02. The van der Waals surface area contributed by atoms with Crippen LogP contribution < -0.4 is 19.7 Å². The molecular weight excluding hydrogens is 396 g/mol. The van der Waals surface area contributed by atoms with Crippen LogP contribution in [0.3, 0.4) is 0 Å². The summed E-state index contributed by atoms with van der Waals surface area (Å²) in [5.41, 5.74) is 1.00. The minimum absolute atomic E-state index is 0.207. The lowest BCUT2D eigenvalue weighted by molar-refractivity contribution is -0.122.